The number of ether oxygens (including phenoxy) is 1. The van der Waals surface area contributed by atoms with Crippen molar-refractivity contribution in [2.45, 2.75) is 18.9 Å². The van der Waals surface area contributed by atoms with Crippen molar-refractivity contribution in [1.82, 2.24) is 0 Å². The van der Waals surface area contributed by atoms with Gasteiger partial charge in [-0.1, -0.05) is 12.1 Å². The van der Waals surface area contributed by atoms with Crippen molar-refractivity contribution in [3.63, 3.8) is 0 Å². The summed E-state index contributed by atoms with van der Waals surface area (Å²) in [6, 6.07) is 7.53. The largest absolute Gasteiger partial charge is 0.435 e. The molecular weight excluding hydrogens is 308 g/mol. The highest BCUT2D eigenvalue weighted by molar-refractivity contribution is 6.22. The second kappa shape index (κ2) is 6.35. The van der Waals surface area contributed by atoms with Crippen LogP contribution in [0.2, 0.25) is 0 Å². The smallest absolute Gasteiger partial charge is 0.387 e. The summed E-state index contributed by atoms with van der Waals surface area (Å²) in [5.41, 5.74) is 0.614. The van der Waals surface area contributed by atoms with Gasteiger partial charge >= 0.3 is 6.61 Å². The van der Waals surface area contributed by atoms with Crippen LogP contribution in [0.1, 0.15) is 22.1 Å². The van der Waals surface area contributed by atoms with E-state index in [1.165, 1.54) is 31.2 Å². The molecule has 0 N–H and O–H groups in total. The fourth-order valence-electron chi connectivity index (χ4n) is 1.85. The van der Waals surface area contributed by atoms with Gasteiger partial charge in [0.1, 0.15) is 17.4 Å². The molecule has 0 saturated carbocycles. The first-order valence-corrected chi connectivity index (χ1v) is 6.46. The van der Waals surface area contributed by atoms with E-state index in [9.17, 15) is 17.6 Å². The Balaban J connectivity index is 2.27. The Labute approximate surface area is 124 Å². The molecule has 0 aromatic heterocycles. The molecule has 0 aliphatic heterocycles. The Bertz CT molecular complexity index is 628. The van der Waals surface area contributed by atoms with Crippen molar-refractivity contribution in [3.8, 4) is 5.75 Å². The van der Waals surface area contributed by atoms with Gasteiger partial charge in [-0.2, -0.15) is 8.78 Å². The quantitative estimate of drug-likeness (QED) is 0.556. The molecule has 0 radical (unpaired) electrons. The lowest BCUT2D eigenvalue weighted by molar-refractivity contribution is -0.0498. The van der Waals surface area contributed by atoms with Gasteiger partial charge in [-0.05, 0) is 42.3 Å². The van der Waals surface area contributed by atoms with Crippen LogP contribution in [0, 0.1) is 18.6 Å². The normalized spacial score (nSPS) is 12.5. The maximum absolute atomic E-state index is 13.8. The fourth-order valence-corrected chi connectivity index (χ4v) is 2.17. The summed E-state index contributed by atoms with van der Waals surface area (Å²) >= 11 is 6.12. The van der Waals surface area contributed by atoms with Crippen molar-refractivity contribution < 1.29 is 22.3 Å². The van der Waals surface area contributed by atoms with E-state index in [-0.39, 0.29) is 16.9 Å². The summed E-state index contributed by atoms with van der Waals surface area (Å²) in [5.74, 6) is -1.22. The molecule has 0 aliphatic rings. The molecule has 0 fully saturated rings. The molecular formula is C15H11ClF4O. The Morgan fingerprint density at radius 2 is 1.62 bits per heavy atom. The Kier molecular flexibility index (Phi) is 4.73. The molecule has 1 atom stereocenters. The molecule has 112 valence electrons. The molecule has 0 bridgehead atoms. The SMILES string of the molecule is Cc1cc(F)c(C(Cl)c2ccc(OC(F)F)cc2)cc1F. The van der Waals surface area contributed by atoms with Gasteiger partial charge in [-0.3, -0.25) is 0 Å². The minimum atomic E-state index is -2.92. The lowest BCUT2D eigenvalue weighted by Gasteiger charge is -2.13. The Hall–Kier alpha value is -1.75. The Morgan fingerprint density at radius 1 is 1.00 bits per heavy atom. The average molecular weight is 319 g/mol. The first kappa shape index (κ1) is 15.6. The number of aryl methyl sites for hydroxylation is 1. The van der Waals surface area contributed by atoms with Gasteiger partial charge in [-0.25, -0.2) is 8.78 Å². The second-order valence-corrected chi connectivity index (χ2v) is 4.87. The monoisotopic (exact) mass is 318 g/mol. The first-order chi connectivity index (χ1) is 9.88. The molecule has 0 aliphatic carbocycles. The third kappa shape index (κ3) is 3.67. The van der Waals surface area contributed by atoms with Crippen LogP contribution in [-0.2, 0) is 0 Å². The van der Waals surface area contributed by atoms with Crippen LogP contribution in [-0.4, -0.2) is 6.61 Å². The molecule has 6 heteroatoms. The topological polar surface area (TPSA) is 9.23 Å². The van der Waals surface area contributed by atoms with Crippen LogP contribution in [0.3, 0.4) is 0 Å². The van der Waals surface area contributed by atoms with Crippen molar-refractivity contribution >= 4 is 11.6 Å². The van der Waals surface area contributed by atoms with Gasteiger partial charge in [0.05, 0.1) is 5.38 Å². The molecule has 0 amide bonds. The van der Waals surface area contributed by atoms with E-state index >= 15 is 0 Å². The standard InChI is InChI=1S/C15H11ClF4O/c1-8-6-13(18)11(7-12(8)17)14(16)9-2-4-10(5-3-9)21-15(19)20/h2-7,14-15H,1H3. The summed E-state index contributed by atoms with van der Waals surface area (Å²) in [4.78, 5) is 0. The summed E-state index contributed by atoms with van der Waals surface area (Å²) in [7, 11) is 0. The Morgan fingerprint density at radius 3 is 2.19 bits per heavy atom. The third-order valence-corrected chi connectivity index (χ3v) is 3.44. The van der Waals surface area contributed by atoms with E-state index in [1.807, 2.05) is 0 Å². The molecule has 1 nitrogen and oxygen atoms in total. The number of hydrogen-bond donors (Lipinski definition) is 0. The lowest BCUT2D eigenvalue weighted by Crippen LogP contribution is -2.03. The third-order valence-electron chi connectivity index (χ3n) is 2.95. The van der Waals surface area contributed by atoms with Crippen LogP contribution in [0.25, 0.3) is 0 Å². The number of halogens is 5. The molecule has 2 aromatic rings. The summed E-state index contributed by atoms with van der Waals surface area (Å²) in [6.45, 7) is -1.48. The first-order valence-electron chi connectivity index (χ1n) is 6.03. The van der Waals surface area contributed by atoms with Gasteiger partial charge in [-0.15, -0.1) is 11.6 Å². The van der Waals surface area contributed by atoms with Crippen LogP contribution < -0.4 is 4.74 Å². The predicted octanol–water partition coefficient (Wildman–Crippen LogP) is 5.20. The highest BCUT2D eigenvalue weighted by atomic mass is 35.5. The molecule has 21 heavy (non-hydrogen) atoms. The number of hydrogen-bond acceptors (Lipinski definition) is 1. The van der Waals surface area contributed by atoms with Crippen LogP contribution in [0.4, 0.5) is 17.6 Å². The molecule has 2 aromatic carbocycles. The number of benzene rings is 2. The van der Waals surface area contributed by atoms with E-state index < -0.39 is 23.6 Å². The van der Waals surface area contributed by atoms with E-state index in [2.05, 4.69) is 4.74 Å². The van der Waals surface area contributed by atoms with Crippen LogP contribution in [0.15, 0.2) is 36.4 Å². The highest BCUT2D eigenvalue weighted by Crippen LogP contribution is 2.32. The summed E-state index contributed by atoms with van der Waals surface area (Å²) in [6.07, 6.45) is 0. The summed E-state index contributed by atoms with van der Waals surface area (Å²) in [5, 5.41) is -0.930. The van der Waals surface area contributed by atoms with Crippen molar-refractivity contribution in [2.24, 2.45) is 0 Å². The van der Waals surface area contributed by atoms with Crippen LogP contribution >= 0.6 is 11.6 Å². The van der Waals surface area contributed by atoms with E-state index in [0.29, 0.717) is 5.56 Å². The predicted molar refractivity (Wildman–Crippen MR) is 71.9 cm³/mol. The summed E-state index contributed by atoms with van der Waals surface area (Å²) < 4.78 is 55.6. The van der Waals surface area contributed by atoms with Gasteiger partial charge in [0, 0.05) is 5.56 Å². The zero-order valence-corrected chi connectivity index (χ0v) is 11.7. The van der Waals surface area contributed by atoms with Gasteiger partial charge in [0.25, 0.3) is 0 Å². The van der Waals surface area contributed by atoms with Gasteiger partial charge in [0.15, 0.2) is 0 Å². The molecule has 0 saturated heterocycles. The minimum Gasteiger partial charge on any atom is -0.435 e. The highest BCUT2D eigenvalue weighted by Gasteiger charge is 2.18. The van der Waals surface area contributed by atoms with E-state index in [4.69, 9.17) is 11.6 Å². The number of rotatable bonds is 4. The zero-order valence-electron chi connectivity index (χ0n) is 10.9. The second-order valence-electron chi connectivity index (χ2n) is 4.43. The molecule has 2 rings (SSSR count). The van der Waals surface area contributed by atoms with Crippen LogP contribution in [0.5, 0.6) is 5.75 Å². The average Bonchev–Trinajstić information content (AvgIpc) is 2.42. The van der Waals surface area contributed by atoms with Gasteiger partial charge < -0.3 is 4.74 Å². The molecule has 0 spiro atoms. The van der Waals surface area contributed by atoms with Crippen molar-refractivity contribution in [3.05, 3.63) is 64.7 Å². The maximum Gasteiger partial charge on any atom is 0.387 e. The maximum atomic E-state index is 13.8. The molecule has 0 heterocycles. The zero-order chi connectivity index (χ0) is 15.6. The fraction of sp³-hybridized carbons (Fsp3) is 0.200. The van der Waals surface area contributed by atoms with Crippen molar-refractivity contribution in [2.75, 3.05) is 0 Å². The van der Waals surface area contributed by atoms with E-state index in [0.717, 1.165) is 12.1 Å². The van der Waals surface area contributed by atoms with Gasteiger partial charge in [0.2, 0.25) is 0 Å². The lowest BCUT2D eigenvalue weighted by atomic mass is 10.0. The van der Waals surface area contributed by atoms with Crippen molar-refractivity contribution in [1.29, 1.82) is 0 Å². The molecule has 1 unspecified atom stereocenters. The number of alkyl halides is 3. The minimum absolute atomic E-state index is 0.0118. The van der Waals surface area contributed by atoms with E-state index in [1.54, 1.807) is 0 Å².